The van der Waals surface area contributed by atoms with E-state index in [1.165, 1.54) is 0 Å². The van der Waals surface area contributed by atoms with Gasteiger partial charge in [0.25, 0.3) is 5.91 Å². The standard InChI is InChI=1S/C22H23ClN4O3/c1-14-24-21(25-27(14)19-7-5-4-6-18(19)23)22(28)26(16-8-9-16)13-15-12-17(29-2)10-11-20(15)30-3/h4-7,10-12,16H,8-9,13H2,1-3H3. The Kier molecular flexibility index (Phi) is 5.63. The molecule has 156 valence electrons. The highest BCUT2D eigenvalue weighted by Crippen LogP contribution is 2.33. The third-order valence-corrected chi connectivity index (χ3v) is 5.44. The van der Waals surface area contributed by atoms with Crippen molar-refractivity contribution in [1.29, 1.82) is 0 Å². The molecule has 1 heterocycles. The molecule has 30 heavy (non-hydrogen) atoms. The molecule has 2 aromatic carbocycles. The number of hydrogen-bond donors (Lipinski definition) is 0. The Bertz CT molecular complexity index is 1080. The van der Waals surface area contributed by atoms with Gasteiger partial charge in [0.1, 0.15) is 17.3 Å². The van der Waals surface area contributed by atoms with Crippen molar-refractivity contribution in [3.63, 3.8) is 0 Å². The summed E-state index contributed by atoms with van der Waals surface area (Å²) in [6.07, 6.45) is 1.92. The summed E-state index contributed by atoms with van der Waals surface area (Å²) in [4.78, 5) is 19.6. The quantitative estimate of drug-likeness (QED) is 0.570. The van der Waals surface area contributed by atoms with Crippen LogP contribution >= 0.6 is 11.6 Å². The van der Waals surface area contributed by atoms with E-state index in [-0.39, 0.29) is 17.8 Å². The summed E-state index contributed by atoms with van der Waals surface area (Å²) in [5, 5.41) is 5.01. The first-order valence-corrected chi connectivity index (χ1v) is 10.1. The highest BCUT2D eigenvalue weighted by atomic mass is 35.5. The molecule has 0 radical (unpaired) electrons. The number of aryl methyl sites for hydroxylation is 1. The Hall–Kier alpha value is -3.06. The molecule has 0 aliphatic heterocycles. The molecule has 1 saturated carbocycles. The first-order chi connectivity index (χ1) is 14.5. The van der Waals surface area contributed by atoms with Crippen molar-refractivity contribution >= 4 is 17.5 Å². The molecule has 1 fully saturated rings. The van der Waals surface area contributed by atoms with Crippen LogP contribution in [-0.2, 0) is 6.54 Å². The number of methoxy groups -OCH3 is 2. The number of nitrogens with zero attached hydrogens (tertiary/aromatic N) is 4. The zero-order valence-electron chi connectivity index (χ0n) is 17.1. The number of rotatable bonds is 7. The summed E-state index contributed by atoms with van der Waals surface area (Å²) < 4.78 is 12.4. The van der Waals surface area contributed by atoms with Crippen LogP contribution in [0.15, 0.2) is 42.5 Å². The lowest BCUT2D eigenvalue weighted by Crippen LogP contribution is -2.33. The maximum atomic E-state index is 13.3. The number of aromatic nitrogens is 3. The van der Waals surface area contributed by atoms with Gasteiger partial charge in [0.2, 0.25) is 5.82 Å². The van der Waals surface area contributed by atoms with E-state index >= 15 is 0 Å². The van der Waals surface area contributed by atoms with Gasteiger partial charge in [-0.1, -0.05) is 23.7 Å². The maximum Gasteiger partial charge on any atom is 0.294 e. The molecule has 1 aliphatic rings. The van der Waals surface area contributed by atoms with Gasteiger partial charge in [0, 0.05) is 11.6 Å². The maximum absolute atomic E-state index is 13.3. The summed E-state index contributed by atoms with van der Waals surface area (Å²) in [5.74, 6) is 1.96. The van der Waals surface area contributed by atoms with Crippen molar-refractivity contribution < 1.29 is 14.3 Å². The first kappa shape index (κ1) is 20.2. The minimum atomic E-state index is -0.212. The van der Waals surface area contributed by atoms with Crippen LogP contribution in [-0.4, -0.2) is 45.8 Å². The van der Waals surface area contributed by atoms with E-state index in [9.17, 15) is 4.79 Å². The normalized spacial score (nSPS) is 13.2. The number of carbonyl (C=O) groups is 1. The van der Waals surface area contributed by atoms with Crippen LogP contribution in [0.2, 0.25) is 5.02 Å². The molecular formula is C22H23ClN4O3. The van der Waals surface area contributed by atoms with Crippen molar-refractivity contribution in [3.05, 3.63) is 64.7 Å². The van der Waals surface area contributed by atoms with Gasteiger partial charge >= 0.3 is 0 Å². The minimum Gasteiger partial charge on any atom is -0.497 e. The predicted octanol–water partition coefficient (Wildman–Crippen LogP) is 4.05. The molecule has 1 amide bonds. The highest BCUT2D eigenvalue weighted by molar-refractivity contribution is 6.32. The second-order valence-electron chi connectivity index (χ2n) is 7.19. The third-order valence-electron chi connectivity index (χ3n) is 5.12. The molecular weight excluding hydrogens is 404 g/mol. The Balaban J connectivity index is 1.65. The largest absolute Gasteiger partial charge is 0.497 e. The highest BCUT2D eigenvalue weighted by Gasteiger charge is 2.35. The molecule has 3 aromatic rings. The van der Waals surface area contributed by atoms with Crippen LogP contribution < -0.4 is 9.47 Å². The summed E-state index contributed by atoms with van der Waals surface area (Å²) >= 11 is 6.30. The lowest BCUT2D eigenvalue weighted by atomic mass is 10.1. The summed E-state index contributed by atoms with van der Waals surface area (Å²) in [6.45, 7) is 2.20. The average molecular weight is 427 g/mol. The van der Waals surface area contributed by atoms with Gasteiger partial charge in [-0.05, 0) is 50.1 Å². The lowest BCUT2D eigenvalue weighted by Gasteiger charge is -2.22. The van der Waals surface area contributed by atoms with Gasteiger partial charge in [0.05, 0.1) is 31.5 Å². The van der Waals surface area contributed by atoms with E-state index in [1.807, 2.05) is 41.3 Å². The van der Waals surface area contributed by atoms with E-state index < -0.39 is 0 Å². The van der Waals surface area contributed by atoms with E-state index in [2.05, 4.69) is 10.1 Å². The molecule has 0 N–H and O–H groups in total. The van der Waals surface area contributed by atoms with Crippen LogP contribution in [0.25, 0.3) is 5.69 Å². The van der Waals surface area contributed by atoms with Crippen LogP contribution in [0.5, 0.6) is 11.5 Å². The van der Waals surface area contributed by atoms with Crippen LogP contribution in [0.1, 0.15) is 34.8 Å². The van der Waals surface area contributed by atoms with E-state index in [1.54, 1.807) is 31.9 Å². The van der Waals surface area contributed by atoms with Gasteiger partial charge in [-0.3, -0.25) is 4.79 Å². The number of halogens is 1. The Morgan fingerprint density at radius 2 is 1.97 bits per heavy atom. The number of amides is 1. The van der Waals surface area contributed by atoms with Gasteiger partial charge in [-0.15, -0.1) is 5.10 Å². The number of hydrogen-bond acceptors (Lipinski definition) is 5. The predicted molar refractivity (Wildman–Crippen MR) is 114 cm³/mol. The third kappa shape index (κ3) is 3.98. The fourth-order valence-electron chi connectivity index (χ4n) is 3.40. The lowest BCUT2D eigenvalue weighted by molar-refractivity contribution is 0.0716. The molecule has 0 spiro atoms. The number of ether oxygens (including phenoxy) is 2. The molecule has 1 aliphatic carbocycles. The smallest absolute Gasteiger partial charge is 0.294 e. The second kappa shape index (κ2) is 8.36. The Labute approximate surface area is 180 Å². The molecule has 0 atom stereocenters. The zero-order chi connectivity index (χ0) is 21.3. The molecule has 0 bridgehead atoms. The van der Waals surface area contributed by atoms with Crippen LogP contribution in [0.3, 0.4) is 0 Å². The second-order valence-corrected chi connectivity index (χ2v) is 7.60. The molecule has 4 rings (SSSR count). The number of carbonyl (C=O) groups excluding carboxylic acids is 1. The minimum absolute atomic E-state index is 0.154. The summed E-state index contributed by atoms with van der Waals surface area (Å²) in [6, 6.07) is 13.1. The summed E-state index contributed by atoms with van der Waals surface area (Å²) in [5.41, 5.74) is 1.56. The monoisotopic (exact) mass is 426 g/mol. The first-order valence-electron chi connectivity index (χ1n) is 9.72. The fourth-order valence-corrected chi connectivity index (χ4v) is 3.62. The number of para-hydroxylation sites is 1. The zero-order valence-corrected chi connectivity index (χ0v) is 17.9. The van der Waals surface area contributed by atoms with E-state index in [0.717, 1.165) is 18.4 Å². The van der Waals surface area contributed by atoms with Crippen molar-refractivity contribution in [2.75, 3.05) is 14.2 Å². The van der Waals surface area contributed by atoms with Gasteiger partial charge < -0.3 is 14.4 Å². The van der Waals surface area contributed by atoms with Gasteiger partial charge in [-0.25, -0.2) is 9.67 Å². The van der Waals surface area contributed by atoms with E-state index in [4.69, 9.17) is 21.1 Å². The van der Waals surface area contributed by atoms with Gasteiger partial charge in [-0.2, -0.15) is 0 Å². The molecule has 1 aromatic heterocycles. The summed E-state index contributed by atoms with van der Waals surface area (Å²) in [7, 11) is 3.23. The topological polar surface area (TPSA) is 69.5 Å². The molecule has 8 heteroatoms. The van der Waals surface area contributed by atoms with Crippen LogP contribution in [0.4, 0.5) is 0 Å². The van der Waals surface area contributed by atoms with Crippen molar-refractivity contribution in [3.8, 4) is 17.2 Å². The number of benzene rings is 2. The van der Waals surface area contributed by atoms with E-state index in [0.29, 0.717) is 34.6 Å². The van der Waals surface area contributed by atoms with Gasteiger partial charge in [0.15, 0.2) is 0 Å². The SMILES string of the molecule is COc1ccc(OC)c(CN(C(=O)c2nc(C)n(-c3ccccc3Cl)n2)C2CC2)c1. The molecule has 7 nitrogen and oxygen atoms in total. The Morgan fingerprint density at radius 3 is 2.63 bits per heavy atom. The fraction of sp³-hybridized carbons (Fsp3) is 0.318. The van der Waals surface area contributed by atoms with Crippen molar-refractivity contribution in [1.82, 2.24) is 19.7 Å². The van der Waals surface area contributed by atoms with Crippen molar-refractivity contribution in [2.24, 2.45) is 0 Å². The van der Waals surface area contributed by atoms with Crippen molar-refractivity contribution in [2.45, 2.75) is 32.4 Å². The molecule has 0 unspecified atom stereocenters. The average Bonchev–Trinajstić information content (AvgIpc) is 3.53. The molecule has 0 saturated heterocycles. The van der Waals surface area contributed by atoms with Crippen LogP contribution in [0, 0.1) is 6.92 Å². The Morgan fingerprint density at radius 1 is 1.20 bits per heavy atom.